The predicted molar refractivity (Wildman–Crippen MR) is 94.5 cm³/mol. The van der Waals surface area contributed by atoms with Gasteiger partial charge in [-0.1, -0.05) is 30.3 Å². The fourth-order valence-electron chi connectivity index (χ4n) is 2.49. The number of nitrogens with one attached hydrogen (secondary N) is 1. The minimum Gasteiger partial charge on any atom is -0.454 e. The van der Waals surface area contributed by atoms with E-state index in [0.29, 0.717) is 21.6 Å². The minimum absolute atomic E-state index is 0.163. The minimum atomic E-state index is -0.163. The summed E-state index contributed by atoms with van der Waals surface area (Å²) in [5.41, 5.74) is 2.72. The van der Waals surface area contributed by atoms with Crippen LogP contribution in [0.5, 0.6) is 11.5 Å². The summed E-state index contributed by atoms with van der Waals surface area (Å²) in [7, 11) is 0. The molecular weight excluding hydrogens is 324 g/mol. The van der Waals surface area contributed by atoms with Crippen molar-refractivity contribution in [3.05, 3.63) is 58.5 Å². The largest absolute Gasteiger partial charge is 0.454 e. The third kappa shape index (κ3) is 2.76. The van der Waals surface area contributed by atoms with Crippen molar-refractivity contribution in [1.82, 2.24) is 5.32 Å². The normalized spacial score (nSPS) is 19.1. The highest BCUT2D eigenvalue weighted by atomic mass is 32.2. The SMILES string of the molecule is Cc1ccccc1N=C1NC(=O)/C(=C/c2cccc3c2OCO3)S1. The van der Waals surface area contributed by atoms with Gasteiger partial charge in [-0.2, -0.15) is 0 Å². The van der Waals surface area contributed by atoms with Gasteiger partial charge in [-0.3, -0.25) is 4.79 Å². The average Bonchev–Trinajstić information content (AvgIpc) is 3.17. The molecule has 0 aliphatic carbocycles. The van der Waals surface area contributed by atoms with Crippen molar-refractivity contribution in [3.63, 3.8) is 0 Å². The van der Waals surface area contributed by atoms with Gasteiger partial charge >= 0.3 is 0 Å². The molecule has 1 saturated heterocycles. The van der Waals surface area contributed by atoms with Crippen molar-refractivity contribution in [1.29, 1.82) is 0 Å². The zero-order valence-corrected chi connectivity index (χ0v) is 13.7. The van der Waals surface area contributed by atoms with E-state index in [4.69, 9.17) is 9.47 Å². The smallest absolute Gasteiger partial charge is 0.264 e. The molecule has 5 nitrogen and oxygen atoms in total. The van der Waals surface area contributed by atoms with Gasteiger partial charge in [0.1, 0.15) is 0 Å². The third-order valence-electron chi connectivity index (χ3n) is 3.70. The number of benzene rings is 2. The number of hydrogen-bond acceptors (Lipinski definition) is 5. The van der Waals surface area contributed by atoms with Crippen LogP contribution in [0.2, 0.25) is 0 Å². The number of ether oxygens (including phenoxy) is 2. The molecule has 2 aromatic carbocycles. The molecular formula is C18H14N2O3S. The van der Waals surface area contributed by atoms with E-state index in [2.05, 4.69) is 10.3 Å². The van der Waals surface area contributed by atoms with Crippen LogP contribution in [0.25, 0.3) is 6.08 Å². The average molecular weight is 338 g/mol. The standard InChI is InChI=1S/C18H14N2O3S/c1-11-5-2-3-7-13(11)19-18-20-17(21)15(24-18)9-12-6-4-8-14-16(12)23-10-22-14/h2-9H,10H2,1H3,(H,19,20,21)/b15-9-. The Bertz CT molecular complexity index is 890. The maximum absolute atomic E-state index is 12.2. The Labute approximate surface area is 143 Å². The van der Waals surface area contributed by atoms with Crippen LogP contribution < -0.4 is 14.8 Å². The summed E-state index contributed by atoms with van der Waals surface area (Å²) in [4.78, 5) is 17.3. The molecule has 0 bridgehead atoms. The van der Waals surface area contributed by atoms with E-state index >= 15 is 0 Å². The second-order valence-electron chi connectivity index (χ2n) is 5.35. The van der Waals surface area contributed by atoms with Crippen LogP contribution in [0.15, 0.2) is 52.4 Å². The van der Waals surface area contributed by atoms with Crippen LogP contribution in [0.3, 0.4) is 0 Å². The Hall–Kier alpha value is -2.73. The highest BCUT2D eigenvalue weighted by Crippen LogP contribution is 2.38. The Morgan fingerprint density at radius 3 is 2.92 bits per heavy atom. The Kier molecular flexibility index (Phi) is 3.74. The van der Waals surface area contributed by atoms with E-state index in [-0.39, 0.29) is 12.7 Å². The number of thioether (sulfide) groups is 1. The fraction of sp³-hybridized carbons (Fsp3) is 0.111. The number of nitrogens with zero attached hydrogens (tertiary/aromatic N) is 1. The summed E-state index contributed by atoms with van der Waals surface area (Å²) in [5.74, 6) is 1.20. The van der Waals surface area contributed by atoms with Gasteiger partial charge in [0.15, 0.2) is 16.7 Å². The molecule has 2 heterocycles. The monoisotopic (exact) mass is 338 g/mol. The molecule has 0 saturated carbocycles. The number of para-hydroxylation sites is 2. The third-order valence-corrected chi connectivity index (χ3v) is 4.61. The highest BCUT2D eigenvalue weighted by Gasteiger charge is 2.25. The quantitative estimate of drug-likeness (QED) is 0.850. The number of aliphatic imine (C=N–C) groups is 1. The molecule has 0 unspecified atom stereocenters. The number of aryl methyl sites for hydroxylation is 1. The molecule has 120 valence electrons. The number of amidine groups is 1. The van der Waals surface area contributed by atoms with Crippen molar-refractivity contribution in [2.75, 3.05) is 6.79 Å². The van der Waals surface area contributed by atoms with Gasteiger partial charge in [-0.15, -0.1) is 0 Å². The lowest BCUT2D eigenvalue weighted by molar-refractivity contribution is -0.115. The van der Waals surface area contributed by atoms with Gasteiger partial charge in [-0.25, -0.2) is 4.99 Å². The van der Waals surface area contributed by atoms with E-state index < -0.39 is 0 Å². The number of hydrogen-bond donors (Lipinski definition) is 1. The van der Waals surface area contributed by atoms with Gasteiger partial charge in [0, 0.05) is 5.56 Å². The lowest BCUT2D eigenvalue weighted by atomic mass is 10.1. The van der Waals surface area contributed by atoms with Crippen LogP contribution in [-0.4, -0.2) is 17.9 Å². The fourth-order valence-corrected chi connectivity index (χ4v) is 3.31. The first-order chi connectivity index (χ1) is 11.7. The highest BCUT2D eigenvalue weighted by molar-refractivity contribution is 8.18. The second kappa shape index (κ2) is 6.05. The van der Waals surface area contributed by atoms with Gasteiger partial charge < -0.3 is 14.8 Å². The maximum Gasteiger partial charge on any atom is 0.264 e. The molecule has 0 aromatic heterocycles. The summed E-state index contributed by atoms with van der Waals surface area (Å²) >= 11 is 1.32. The molecule has 0 spiro atoms. The van der Waals surface area contributed by atoms with Crippen molar-refractivity contribution in [2.24, 2.45) is 4.99 Å². The van der Waals surface area contributed by atoms with Gasteiger partial charge in [-0.05, 0) is 42.5 Å². The number of fused-ring (bicyclic) bond motifs is 1. The number of amides is 1. The van der Waals surface area contributed by atoms with Crippen molar-refractivity contribution < 1.29 is 14.3 Å². The molecule has 4 rings (SSSR count). The zero-order chi connectivity index (χ0) is 16.5. The second-order valence-corrected chi connectivity index (χ2v) is 6.38. The van der Waals surface area contributed by atoms with Crippen LogP contribution in [0.4, 0.5) is 5.69 Å². The molecule has 1 fully saturated rings. The summed E-state index contributed by atoms with van der Waals surface area (Å²) in [6.45, 7) is 2.19. The lowest BCUT2D eigenvalue weighted by Gasteiger charge is -2.01. The molecule has 1 N–H and O–H groups in total. The molecule has 2 aromatic rings. The Morgan fingerprint density at radius 1 is 1.17 bits per heavy atom. The molecule has 24 heavy (non-hydrogen) atoms. The van der Waals surface area contributed by atoms with Crippen LogP contribution in [-0.2, 0) is 4.79 Å². The summed E-state index contributed by atoms with van der Waals surface area (Å²) in [5, 5.41) is 3.38. The van der Waals surface area contributed by atoms with E-state index in [9.17, 15) is 4.79 Å². The Morgan fingerprint density at radius 2 is 2.04 bits per heavy atom. The van der Waals surface area contributed by atoms with Crippen LogP contribution >= 0.6 is 11.8 Å². The van der Waals surface area contributed by atoms with Gasteiger partial charge in [0.05, 0.1) is 10.6 Å². The summed E-state index contributed by atoms with van der Waals surface area (Å²) in [6.07, 6.45) is 1.80. The van der Waals surface area contributed by atoms with Crippen LogP contribution in [0.1, 0.15) is 11.1 Å². The Balaban J connectivity index is 1.63. The first-order valence-corrected chi connectivity index (χ1v) is 8.26. The summed E-state index contributed by atoms with van der Waals surface area (Å²) < 4.78 is 10.8. The molecule has 6 heteroatoms. The van der Waals surface area contributed by atoms with Crippen molar-refractivity contribution >= 4 is 34.6 Å². The zero-order valence-electron chi connectivity index (χ0n) is 12.9. The van der Waals surface area contributed by atoms with E-state index in [1.807, 2.05) is 49.4 Å². The molecule has 2 aliphatic rings. The van der Waals surface area contributed by atoms with E-state index in [1.165, 1.54) is 11.8 Å². The molecule has 2 aliphatic heterocycles. The van der Waals surface area contributed by atoms with Crippen molar-refractivity contribution in [2.45, 2.75) is 6.92 Å². The molecule has 0 radical (unpaired) electrons. The summed E-state index contributed by atoms with van der Waals surface area (Å²) in [6, 6.07) is 13.4. The lowest BCUT2D eigenvalue weighted by Crippen LogP contribution is -2.19. The topological polar surface area (TPSA) is 59.9 Å². The van der Waals surface area contributed by atoms with E-state index in [1.54, 1.807) is 6.08 Å². The first kappa shape index (κ1) is 14.8. The molecule has 1 amide bonds. The van der Waals surface area contributed by atoms with Crippen molar-refractivity contribution in [3.8, 4) is 11.5 Å². The molecule has 0 atom stereocenters. The maximum atomic E-state index is 12.2. The predicted octanol–water partition coefficient (Wildman–Crippen LogP) is 3.62. The number of rotatable bonds is 2. The van der Waals surface area contributed by atoms with Gasteiger partial charge in [0.25, 0.3) is 5.91 Å². The van der Waals surface area contributed by atoms with Crippen LogP contribution in [0, 0.1) is 6.92 Å². The number of carbonyl (C=O) groups is 1. The number of carbonyl (C=O) groups excluding carboxylic acids is 1. The first-order valence-electron chi connectivity index (χ1n) is 7.44. The van der Waals surface area contributed by atoms with Gasteiger partial charge in [0.2, 0.25) is 6.79 Å². The van der Waals surface area contributed by atoms with E-state index in [0.717, 1.165) is 16.8 Å².